The van der Waals surface area contributed by atoms with Crippen molar-refractivity contribution < 1.29 is 23.5 Å². The second-order valence-electron chi connectivity index (χ2n) is 7.12. The van der Waals surface area contributed by atoms with Gasteiger partial charge in [0.1, 0.15) is 11.5 Å². The summed E-state index contributed by atoms with van der Waals surface area (Å²) in [5, 5.41) is 0.254. The minimum Gasteiger partial charge on any atom is -0.465 e. The summed E-state index contributed by atoms with van der Waals surface area (Å²) in [5.74, 6) is 0.264. The van der Waals surface area contributed by atoms with Crippen molar-refractivity contribution in [3.63, 3.8) is 0 Å². The maximum Gasteiger partial charge on any atom is 0.337 e. The van der Waals surface area contributed by atoms with Crippen molar-refractivity contribution in [2.75, 3.05) is 7.11 Å². The van der Waals surface area contributed by atoms with Crippen LogP contribution in [-0.4, -0.2) is 29.1 Å². The van der Waals surface area contributed by atoms with Crippen LogP contribution in [0.2, 0.25) is 5.02 Å². The van der Waals surface area contributed by atoms with E-state index in [2.05, 4.69) is 0 Å². The van der Waals surface area contributed by atoms with E-state index in [9.17, 15) is 14.4 Å². The highest BCUT2D eigenvalue weighted by Gasteiger charge is 2.35. The predicted octanol–water partition coefficient (Wildman–Crippen LogP) is 5.93. The van der Waals surface area contributed by atoms with E-state index < -0.39 is 5.97 Å². The number of hydrogen-bond donors (Lipinski definition) is 0. The van der Waals surface area contributed by atoms with Gasteiger partial charge in [-0.2, -0.15) is 0 Å². The highest BCUT2D eigenvalue weighted by molar-refractivity contribution is 8.18. The zero-order valence-electron chi connectivity index (χ0n) is 17.3. The fraction of sp³-hybridized carbons (Fsp3) is 0.125. The van der Waals surface area contributed by atoms with Crippen molar-refractivity contribution >= 4 is 46.6 Å². The number of carbonyl (C=O) groups excluding carboxylic acids is 3. The van der Waals surface area contributed by atoms with Gasteiger partial charge in [0, 0.05) is 16.7 Å². The Morgan fingerprint density at radius 1 is 1.12 bits per heavy atom. The number of imide groups is 1. The number of aryl methyl sites for hydroxylation is 1. The molecule has 1 fully saturated rings. The molecule has 0 N–H and O–H groups in total. The molecule has 1 saturated heterocycles. The van der Waals surface area contributed by atoms with E-state index in [0.29, 0.717) is 27.0 Å². The summed E-state index contributed by atoms with van der Waals surface area (Å²) in [5.41, 5.74) is 2.92. The molecule has 8 heteroatoms. The van der Waals surface area contributed by atoms with E-state index in [1.165, 1.54) is 12.0 Å². The number of methoxy groups -OCH3 is 1. The highest BCUT2D eigenvalue weighted by atomic mass is 35.5. The number of furan rings is 1. The Hall–Kier alpha value is -3.29. The first-order valence-corrected chi connectivity index (χ1v) is 10.8. The third-order valence-electron chi connectivity index (χ3n) is 4.94. The number of halogens is 1. The Morgan fingerprint density at radius 2 is 1.88 bits per heavy atom. The van der Waals surface area contributed by atoms with Crippen molar-refractivity contribution in [1.82, 2.24) is 4.90 Å². The first kappa shape index (κ1) is 21.9. The second kappa shape index (κ2) is 9.06. The molecule has 2 amide bonds. The number of hydrogen-bond acceptors (Lipinski definition) is 6. The molecule has 2 aromatic carbocycles. The molecule has 4 rings (SSSR count). The summed E-state index contributed by atoms with van der Waals surface area (Å²) >= 11 is 6.77. The summed E-state index contributed by atoms with van der Waals surface area (Å²) in [6.07, 6.45) is 1.56. The maximum atomic E-state index is 12.8. The minimum atomic E-state index is -0.408. The van der Waals surface area contributed by atoms with Crippen LogP contribution in [0.4, 0.5) is 4.79 Å². The van der Waals surface area contributed by atoms with E-state index in [1.54, 1.807) is 60.7 Å². The Labute approximate surface area is 193 Å². The van der Waals surface area contributed by atoms with Gasteiger partial charge >= 0.3 is 5.97 Å². The fourth-order valence-electron chi connectivity index (χ4n) is 3.30. The molecule has 162 valence electrons. The first-order chi connectivity index (χ1) is 15.4. The van der Waals surface area contributed by atoms with Crippen LogP contribution >= 0.6 is 23.4 Å². The monoisotopic (exact) mass is 467 g/mol. The van der Waals surface area contributed by atoms with Gasteiger partial charge in [-0.1, -0.05) is 29.8 Å². The summed E-state index contributed by atoms with van der Waals surface area (Å²) in [6.45, 7) is 2.04. The molecular formula is C24H18ClNO5S. The standard InChI is InChI=1S/C24H18ClNO5S/c1-14-11-16(23(28)30-2)5-9-19(14)20-10-8-18(31-20)12-21-22(27)26(24(29)32-21)13-15-3-6-17(25)7-4-15/h3-12H,13H2,1-2H3/b21-12+. The SMILES string of the molecule is COC(=O)c1ccc(-c2ccc(/C=C3/SC(=O)N(Cc4ccc(Cl)cc4)C3=O)o2)c(C)c1. The zero-order valence-corrected chi connectivity index (χ0v) is 18.8. The number of benzene rings is 2. The molecule has 0 saturated carbocycles. The van der Waals surface area contributed by atoms with Gasteiger partial charge in [0.15, 0.2) is 0 Å². The van der Waals surface area contributed by atoms with Gasteiger partial charge in [0.05, 0.1) is 24.1 Å². The fourth-order valence-corrected chi connectivity index (χ4v) is 4.24. The van der Waals surface area contributed by atoms with Gasteiger partial charge in [-0.3, -0.25) is 14.5 Å². The molecular weight excluding hydrogens is 450 g/mol. The van der Waals surface area contributed by atoms with Gasteiger partial charge in [-0.25, -0.2) is 4.79 Å². The lowest BCUT2D eigenvalue weighted by Gasteiger charge is -2.12. The Balaban J connectivity index is 1.53. The number of amides is 2. The van der Waals surface area contributed by atoms with Gasteiger partial charge in [-0.15, -0.1) is 0 Å². The lowest BCUT2D eigenvalue weighted by Crippen LogP contribution is -2.27. The van der Waals surface area contributed by atoms with E-state index >= 15 is 0 Å². The Morgan fingerprint density at radius 3 is 2.56 bits per heavy atom. The number of ether oxygens (including phenoxy) is 1. The first-order valence-electron chi connectivity index (χ1n) is 9.64. The number of thioether (sulfide) groups is 1. The predicted molar refractivity (Wildman–Crippen MR) is 123 cm³/mol. The quantitative estimate of drug-likeness (QED) is 0.342. The normalized spacial score (nSPS) is 15.0. The van der Waals surface area contributed by atoms with Gasteiger partial charge in [0.2, 0.25) is 0 Å². The van der Waals surface area contributed by atoms with Crippen molar-refractivity contribution in [2.45, 2.75) is 13.5 Å². The maximum absolute atomic E-state index is 12.8. The highest BCUT2D eigenvalue weighted by Crippen LogP contribution is 2.35. The molecule has 32 heavy (non-hydrogen) atoms. The van der Waals surface area contributed by atoms with Crippen LogP contribution in [0.1, 0.15) is 27.2 Å². The lowest BCUT2D eigenvalue weighted by molar-refractivity contribution is -0.123. The summed E-state index contributed by atoms with van der Waals surface area (Å²) < 4.78 is 10.6. The van der Waals surface area contributed by atoms with Crippen molar-refractivity contribution in [1.29, 1.82) is 0 Å². The molecule has 0 bridgehead atoms. The topological polar surface area (TPSA) is 76.8 Å². The molecule has 0 aliphatic carbocycles. The molecule has 1 aliphatic rings. The van der Waals surface area contributed by atoms with Crippen LogP contribution in [0.15, 0.2) is 63.9 Å². The van der Waals surface area contributed by atoms with Crippen LogP contribution in [-0.2, 0) is 16.1 Å². The molecule has 1 aromatic heterocycles. The van der Waals surface area contributed by atoms with Gasteiger partial charge < -0.3 is 9.15 Å². The lowest BCUT2D eigenvalue weighted by atomic mass is 10.0. The van der Waals surface area contributed by atoms with E-state index in [0.717, 1.165) is 28.5 Å². The van der Waals surface area contributed by atoms with Crippen LogP contribution < -0.4 is 0 Å². The Bertz CT molecular complexity index is 1250. The molecule has 0 unspecified atom stereocenters. The van der Waals surface area contributed by atoms with Crippen LogP contribution in [0.3, 0.4) is 0 Å². The van der Waals surface area contributed by atoms with Gasteiger partial charge in [-0.05, 0) is 66.2 Å². The number of rotatable bonds is 5. The third-order valence-corrected chi connectivity index (χ3v) is 6.10. The van der Waals surface area contributed by atoms with E-state index in [1.807, 2.05) is 6.92 Å². The number of esters is 1. The van der Waals surface area contributed by atoms with E-state index in [-0.39, 0.29) is 17.7 Å². The summed E-state index contributed by atoms with van der Waals surface area (Å²) in [4.78, 5) is 38.3. The molecule has 3 aromatic rings. The molecule has 6 nitrogen and oxygen atoms in total. The molecule has 0 radical (unpaired) electrons. The third kappa shape index (κ3) is 4.49. The van der Waals surface area contributed by atoms with Crippen molar-refractivity contribution in [3.05, 3.63) is 87.0 Å². The van der Waals surface area contributed by atoms with Gasteiger partial charge in [0.25, 0.3) is 11.1 Å². The zero-order chi connectivity index (χ0) is 22.8. The molecule has 2 heterocycles. The van der Waals surface area contributed by atoms with Crippen molar-refractivity contribution in [3.8, 4) is 11.3 Å². The van der Waals surface area contributed by atoms with Crippen LogP contribution in [0.25, 0.3) is 17.4 Å². The number of nitrogens with zero attached hydrogens (tertiary/aromatic N) is 1. The Kier molecular flexibility index (Phi) is 6.21. The average Bonchev–Trinajstić information content (AvgIpc) is 3.34. The van der Waals surface area contributed by atoms with Crippen molar-refractivity contribution in [2.24, 2.45) is 0 Å². The smallest absolute Gasteiger partial charge is 0.337 e. The minimum absolute atomic E-state index is 0.175. The molecule has 0 atom stereocenters. The summed E-state index contributed by atoms with van der Waals surface area (Å²) in [6, 6.07) is 15.7. The average molecular weight is 468 g/mol. The second-order valence-corrected chi connectivity index (χ2v) is 8.55. The largest absolute Gasteiger partial charge is 0.465 e. The van der Waals surface area contributed by atoms with E-state index in [4.69, 9.17) is 20.8 Å². The van der Waals surface area contributed by atoms with Crippen LogP contribution in [0.5, 0.6) is 0 Å². The molecule has 0 spiro atoms. The number of carbonyl (C=O) groups is 3. The van der Waals surface area contributed by atoms with Crippen LogP contribution in [0, 0.1) is 6.92 Å². The molecule has 1 aliphatic heterocycles. The summed E-state index contributed by atoms with van der Waals surface area (Å²) in [7, 11) is 1.33.